The molecule has 0 unspecified atom stereocenters. The summed E-state index contributed by atoms with van der Waals surface area (Å²) < 4.78 is 5.38. The molecule has 5 heteroatoms. The summed E-state index contributed by atoms with van der Waals surface area (Å²) in [5, 5.41) is 0. The molecule has 5 nitrogen and oxygen atoms in total. The smallest absolute Gasteiger partial charge is 0.300 e. The number of nitrogens with one attached hydrogen (secondary N) is 1. The average molecular weight is 253 g/mol. The maximum atomic E-state index is 11.3. The number of hydrogen-bond acceptors (Lipinski definition) is 4. The number of furan rings is 1. The summed E-state index contributed by atoms with van der Waals surface area (Å²) in [4.78, 5) is 13.6. The van der Waals surface area contributed by atoms with Crippen LogP contribution in [-0.4, -0.2) is 24.4 Å². The molecule has 18 heavy (non-hydrogen) atoms. The Kier molecular flexibility index (Phi) is 5.88. The van der Waals surface area contributed by atoms with E-state index >= 15 is 0 Å². The van der Waals surface area contributed by atoms with Crippen LogP contribution in [0.3, 0.4) is 0 Å². The van der Waals surface area contributed by atoms with E-state index in [1.165, 1.54) is 19.3 Å². The Balaban J connectivity index is 2.56. The standard InChI is InChI=1S/C13H23N3O2/c1-4-5-6-7-16(3)9-11-8-12(13(17)15-14)18-10(11)2/h8H,4-7,9,14H2,1-3H3,(H,15,17). The van der Waals surface area contributed by atoms with Crippen LogP contribution in [0, 0.1) is 6.92 Å². The lowest BCUT2D eigenvalue weighted by molar-refractivity contribution is 0.0924. The van der Waals surface area contributed by atoms with E-state index < -0.39 is 5.91 Å². The number of carbonyl (C=O) groups excluding carboxylic acids is 1. The van der Waals surface area contributed by atoms with Crippen molar-refractivity contribution < 1.29 is 9.21 Å². The van der Waals surface area contributed by atoms with Gasteiger partial charge >= 0.3 is 5.91 Å². The Morgan fingerprint density at radius 2 is 2.22 bits per heavy atom. The molecule has 0 bridgehead atoms. The normalized spacial score (nSPS) is 10.9. The fourth-order valence-electron chi connectivity index (χ4n) is 1.86. The van der Waals surface area contributed by atoms with E-state index in [1.54, 1.807) is 6.07 Å². The van der Waals surface area contributed by atoms with Gasteiger partial charge in [-0.3, -0.25) is 10.2 Å². The highest BCUT2D eigenvalue weighted by molar-refractivity contribution is 5.91. The molecule has 0 radical (unpaired) electrons. The third-order valence-corrected chi connectivity index (χ3v) is 2.96. The monoisotopic (exact) mass is 253 g/mol. The zero-order chi connectivity index (χ0) is 13.5. The predicted octanol–water partition coefficient (Wildman–Crippen LogP) is 1.81. The van der Waals surface area contributed by atoms with Crippen molar-refractivity contribution in [1.29, 1.82) is 0 Å². The van der Waals surface area contributed by atoms with Crippen molar-refractivity contribution >= 4 is 5.91 Å². The molecular weight excluding hydrogens is 230 g/mol. The van der Waals surface area contributed by atoms with Crippen LogP contribution in [0.5, 0.6) is 0 Å². The molecule has 102 valence electrons. The second-order valence-corrected chi connectivity index (χ2v) is 4.61. The van der Waals surface area contributed by atoms with Crippen molar-refractivity contribution in [1.82, 2.24) is 10.3 Å². The first kappa shape index (κ1) is 14.7. The third-order valence-electron chi connectivity index (χ3n) is 2.96. The molecule has 0 aliphatic rings. The van der Waals surface area contributed by atoms with Gasteiger partial charge in [0.15, 0.2) is 5.76 Å². The summed E-state index contributed by atoms with van der Waals surface area (Å²) in [5.74, 6) is 5.73. The van der Waals surface area contributed by atoms with E-state index in [9.17, 15) is 4.79 Å². The first-order chi connectivity index (χ1) is 8.58. The number of rotatable bonds is 7. The lowest BCUT2D eigenvalue weighted by Crippen LogP contribution is -2.29. The Hall–Kier alpha value is -1.33. The van der Waals surface area contributed by atoms with E-state index in [1.807, 2.05) is 6.92 Å². The summed E-state index contributed by atoms with van der Waals surface area (Å²) in [7, 11) is 2.07. The van der Waals surface area contributed by atoms with Gasteiger partial charge in [0.25, 0.3) is 0 Å². The van der Waals surface area contributed by atoms with Gasteiger partial charge in [0, 0.05) is 12.1 Å². The quantitative estimate of drug-likeness (QED) is 0.336. The lowest BCUT2D eigenvalue weighted by Gasteiger charge is -2.15. The maximum absolute atomic E-state index is 11.3. The molecule has 1 amide bonds. The van der Waals surface area contributed by atoms with Crippen molar-refractivity contribution in [2.45, 2.75) is 39.7 Å². The van der Waals surface area contributed by atoms with Gasteiger partial charge in [-0.25, -0.2) is 5.84 Å². The molecule has 0 atom stereocenters. The van der Waals surface area contributed by atoms with Gasteiger partial charge in [-0.2, -0.15) is 0 Å². The third kappa shape index (κ3) is 4.16. The van der Waals surface area contributed by atoms with Crippen LogP contribution in [0.4, 0.5) is 0 Å². The summed E-state index contributed by atoms with van der Waals surface area (Å²) >= 11 is 0. The van der Waals surface area contributed by atoms with Crippen LogP contribution in [0.2, 0.25) is 0 Å². The molecule has 0 aliphatic heterocycles. The highest BCUT2D eigenvalue weighted by Crippen LogP contribution is 2.16. The zero-order valence-electron chi connectivity index (χ0n) is 11.5. The molecule has 1 aromatic rings. The second kappa shape index (κ2) is 7.18. The highest BCUT2D eigenvalue weighted by atomic mass is 16.4. The Morgan fingerprint density at radius 3 is 2.83 bits per heavy atom. The van der Waals surface area contributed by atoms with Crippen LogP contribution in [0.25, 0.3) is 0 Å². The number of carbonyl (C=O) groups is 1. The Bertz CT molecular complexity index is 388. The van der Waals surface area contributed by atoms with E-state index in [4.69, 9.17) is 10.3 Å². The van der Waals surface area contributed by atoms with Gasteiger partial charge in [0.1, 0.15) is 5.76 Å². The largest absolute Gasteiger partial charge is 0.456 e. The van der Waals surface area contributed by atoms with Gasteiger partial charge in [0.2, 0.25) is 0 Å². The zero-order valence-corrected chi connectivity index (χ0v) is 11.5. The van der Waals surface area contributed by atoms with Gasteiger partial charge in [-0.1, -0.05) is 19.8 Å². The second-order valence-electron chi connectivity index (χ2n) is 4.61. The van der Waals surface area contributed by atoms with Gasteiger partial charge in [0.05, 0.1) is 0 Å². The molecule has 1 rings (SSSR count). The number of unbranched alkanes of at least 4 members (excludes halogenated alkanes) is 2. The molecule has 0 saturated heterocycles. The number of aryl methyl sites for hydroxylation is 1. The van der Waals surface area contributed by atoms with Crippen molar-refractivity contribution in [3.05, 3.63) is 23.2 Å². The minimum absolute atomic E-state index is 0.270. The van der Waals surface area contributed by atoms with Crippen molar-refractivity contribution in [3.63, 3.8) is 0 Å². The summed E-state index contributed by atoms with van der Waals surface area (Å²) in [6.07, 6.45) is 3.66. The molecular formula is C13H23N3O2. The topological polar surface area (TPSA) is 71.5 Å². The minimum atomic E-state index is -0.391. The van der Waals surface area contributed by atoms with Crippen molar-refractivity contribution in [2.75, 3.05) is 13.6 Å². The number of nitrogens with two attached hydrogens (primary N) is 1. The molecule has 0 aliphatic carbocycles. The van der Waals surface area contributed by atoms with Crippen LogP contribution in [-0.2, 0) is 6.54 Å². The number of amides is 1. The SMILES string of the molecule is CCCCCN(C)Cc1cc(C(=O)NN)oc1C. The van der Waals surface area contributed by atoms with Crippen LogP contribution in [0.15, 0.2) is 10.5 Å². The van der Waals surface area contributed by atoms with Crippen LogP contribution >= 0.6 is 0 Å². The maximum Gasteiger partial charge on any atom is 0.300 e. The van der Waals surface area contributed by atoms with Crippen molar-refractivity contribution in [2.24, 2.45) is 5.84 Å². The lowest BCUT2D eigenvalue weighted by atomic mass is 10.2. The number of nitrogen functional groups attached to an aromatic ring is 1. The van der Waals surface area contributed by atoms with E-state index in [2.05, 4.69) is 24.3 Å². The van der Waals surface area contributed by atoms with Gasteiger partial charge < -0.3 is 9.32 Å². The average Bonchev–Trinajstić information content (AvgIpc) is 2.70. The number of hydrazine groups is 1. The minimum Gasteiger partial charge on any atom is -0.456 e. The van der Waals surface area contributed by atoms with Crippen LogP contribution < -0.4 is 11.3 Å². The Labute approximate surface area is 108 Å². The fraction of sp³-hybridized carbons (Fsp3) is 0.615. The molecule has 0 saturated carbocycles. The summed E-state index contributed by atoms with van der Waals surface area (Å²) in [5.41, 5.74) is 3.11. The molecule has 0 aromatic carbocycles. The van der Waals surface area contributed by atoms with Crippen molar-refractivity contribution in [3.8, 4) is 0 Å². The van der Waals surface area contributed by atoms with Gasteiger partial charge in [-0.15, -0.1) is 0 Å². The fourth-order valence-corrected chi connectivity index (χ4v) is 1.86. The van der Waals surface area contributed by atoms with Crippen LogP contribution in [0.1, 0.15) is 48.1 Å². The Morgan fingerprint density at radius 1 is 1.50 bits per heavy atom. The van der Waals surface area contributed by atoms with E-state index in [0.29, 0.717) is 0 Å². The first-order valence-corrected chi connectivity index (χ1v) is 6.37. The number of hydrogen-bond donors (Lipinski definition) is 2. The van der Waals surface area contributed by atoms with E-state index in [0.717, 1.165) is 24.4 Å². The molecule has 1 heterocycles. The molecule has 0 fully saturated rings. The molecule has 1 aromatic heterocycles. The predicted molar refractivity (Wildman–Crippen MR) is 71.0 cm³/mol. The van der Waals surface area contributed by atoms with Gasteiger partial charge in [-0.05, 0) is 33.0 Å². The molecule has 0 spiro atoms. The van der Waals surface area contributed by atoms with E-state index in [-0.39, 0.29) is 5.76 Å². The molecule has 3 N–H and O–H groups in total. The summed E-state index contributed by atoms with van der Waals surface area (Å²) in [6.45, 7) is 5.90. The summed E-state index contributed by atoms with van der Waals surface area (Å²) in [6, 6.07) is 1.76. The highest BCUT2D eigenvalue weighted by Gasteiger charge is 2.14. The number of nitrogens with zero attached hydrogens (tertiary/aromatic N) is 1. The first-order valence-electron chi connectivity index (χ1n) is 6.37.